The van der Waals surface area contributed by atoms with Crippen LogP contribution in [-0.4, -0.2) is 44.5 Å². The summed E-state index contributed by atoms with van der Waals surface area (Å²) in [5, 5.41) is 0. The van der Waals surface area contributed by atoms with Crippen molar-refractivity contribution in [3.8, 4) is 0 Å². The summed E-state index contributed by atoms with van der Waals surface area (Å²) < 4.78 is 16.7. The fraction of sp³-hybridized carbons (Fsp3) is 0.632. The van der Waals surface area contributed by atoms with Crippen LogP contribution in [0.1, 0.15) is 31.7 Å². The minimum atomic E-state index is -0.539. The molecule has 1 aromatic carbocycles. The number of nitrogens with two attached hydrogens (primary N) is 1. The molecule has 6 heteroatoms. The molecule has 0 aliphatic carbocycles. The Morgan fingerprint density at radius 2 is 1.92 bits per heavy atom. The zero-order valence-corrected chi connectivity index (χ0v) is 15.9. The highest BCUT2D eigenvalue weighted by molar-refractivity contribution is 5.85. The summed E-state index contributed by atoms with van der Waals surface area (Å²) in [5.74, 6) is -0.0550. The number of ether oxygens (including phenoxy) is 3. The summed E-state index contributed by atoms with van der Waals surface area (Å²) >= 11 is 0. The third kappa shape index (κ3) is 6.94. The Balaban J connectivity index is 0.00000312. The number of methoxy groups -OCH3 is 1. The molecule has 142 valence electrons. The number of carbonyl (C=O) groups excluding carboxylic acids is 1. The van der Waals surface area contributed by atoms with Gasteiger partial charge in [0.25, 0.3) is 0 Å². The molecule has 25 heavy (non-hydrogen) atoms. The standard InChI is InChI=1S/C19H29NO4.ClH/c1-14-18(23-12-11-22-2)16(13-15-7-4-3-5-8-15)9-6-10-17(20)19(21)24-14;/h3-5,7-8,14,16-18H,6,9-13,20H2,1-2H3;1H/t14-,16+,17-,18-;/m0./s1. The lowest BCUT2D eigenvalue weighted by Gasteiger charge is -2.31. The number of rotatable bonds is 6. The Labute approximate surface area is 156 Å². The molecule has 0 amide bonds. The molecule has 5 nitrogen and oxygen atoms in total. The summed E-state index contributed by atoms with van der Waals surface area (Å²) in [5.41, 5.74) is 7.18. The lowest BCUT2D eigenvalue weighted by Crippen LogP contribution is -2.41. The lowest BCUT2D eigenvalue weighted by molar-refractivity contribution is -0.160. The summed E-state index contributed by atoms with van der Waals surface area (Å²) in [6, 6.07) is 9.82. The van der Waals surface area contributed by atoms with Crippen LogP contribution < -0.4 is 5.73 Å². The number of cyclic esters (lactones) is 1. The number of hydrogen-bond donors (Lipinski definition) is 1. The van der Waals surface area contributed by atoms with Crippen LogP contribution in [0, 0.1) is 5.92 Å². The highest BCUT2D eigenvalue weighted by Crippen LogP contribution is 2.27. The third-order valence-electron chi connectivity index (χ3n) is 4.56. The molecule has 1 heterocycles. The van der Waals surface area contributed by atoms with E-state index in [1.807, 2.05) is 25.1 Å². The number of hydrogen-bond acceptors (Lipinski definition) is 5. The fourth-order valence-corrected chi connectivity index (χ4v) is 3.28. The predicted octanol–water partition coefficient (Wildman–Crippen LogP) is 2.74. The van der Waals surface area contributed by atoms with E-state index in [1.54, 1.807) is 7.11 Å². The van der Waals surface area contributed by atoms with Gasteiger partial charge in [-0.1, -0.05) is 36.8 Å². The number of halogens is 1. The first kappa shape index (κ1) is 21.9. The Hall–Kier alpha value is -1.14. The summed E-state index contributed by atoms with van der Waals surface area (Å²) in [6.07, 6.45) is 2.92. The lowest BCUT2D eigenvalue weighted by atomic mass is 9.87. The monoisotopic (exact) mass is 371 g/mol. The van der Waals surface area contributed by atoms with Crippen LogP contribution in [0.4, 0.5) is 0 Å². The van der Waals surface area contributed by atoms with Crippen LogP contribution in [0.15, 0.2) is 30.3 Å². The maximum Gasteiger partial charge on any atom is 0.323 e. The van der Waals surface area contributed by atoms with E-state index in [0.717, 1.165) is 19.3 Å². The van der Waals surface area contributed by atoms with Gasteiger partial charge in [-0.3, -0.25) is 4.79 Å². The van der Waals surface area contributed by atoms with Crippen LogP contribution in [0.2, 0.25) is 0 Å². The molecule has 0 aromatic heterocycles. The van der Waals surface area contributed by atoms with Gasteiger partial charge in [-0.25, -0.2) is 0 Å². The Bertz CT molecular complexity index is 499. The zero-order chi connectivity index (χ0) is 17.4. The molecule has 4 atom stereocenters. The van der Waals surface area contributed by atoms with Crippen molar-refractivity contribution >= 4 is 18.4 Å². The number of esters is 1. The van der Waals surface area contributed by atoms with Crippen LogP contribution >= 0.6 is 12.4 Å². The molecule has 1 aliphatic heterocycles. The molecule has 1 aliphatic rings. The van der Waals surface area contributed by atoms with Gasteiger partial charge in [0.2, 0.25) is 0 Å². The van der Waals surface area contributed by atoms with E-state index < -0.39 is 6.04 Å². The molecule has 0 unspecified atom stereocenters. The molecule has 0 bridgehead atoms. The molecule has 0 radical (unpaired) electrons. The summed E-state index contributed by atoms with van der Waals surface area (Å²) in [7, 11) is 1.65. The highest BCUT2D eigenvalue weighted by Gasteiger charge is 2.33. The van der Waals surface area contributed by atoms with E-state index in [4.69, 9.17) is 19.9 Å². The van der Waals surface area contributed by atoms with Crippen molar-refractivity contribution in [2.24, 2.45) is 11.7 Å². The van der Waals surface area contributed by atoms with Crippen molar-refractivity contribution in [1.82, 2.24) is 0 Å². The first-order valence-electron chi connectivity index (χ1n) is 8.72. The first-order valence-corrected chi connectivity index (χ1v) is 8.72. The minimum Gasteiger partial charge on any atom is -0.459 e. The summed E-state index contributed by atoms with van der Waals surface area (Å²) in [6.45, 7) is 2.90. The summed E-state index contributed by atoms with van der Waals surface area (Å²) in [4.78, 5) is 12.0. The van der Waals surface area contributed by atoms with E-state index in [-0.39, 0.29) is 36.5 Å². The molecule has 2 rings (SSSR count). The van der Waals surface area contributed by atoms with Crippen molar-refractivity contribution in [1.29, 1.82) is 0 Å². The van der Waals surface area contributed by atoms with Gasteiger partial charge in [0, 0.05) is 7.11 Å². The molecule has 0 saturated carbocycles. The average Bonchev–Trinajstić information content (AvgIpc) is 2.62. The van der Waals surface area contributed by atoms with Gasteiger partial charge in [-0.05, 0) is 37.7 Å². The number of benzene rings is 1. The molecule has 1 fully saturated rings. The quantitative estimate of drug-likeness (QED) is 0.615. The van der Waals surface area contributed by atoms with E-state index in [0.29, 0.717) is 19.6 Å². The topological polar surface area (TPSA) is 70.8 Å². The second kappa shape index (κ2) is 11.5. The predicted molar refractivity (Wildman–Crippen MR) is 99.9 cm³/mol. The smallest absolute Gasteiger partial charge is 0.323 e. The zero-order valence-electron chi connectivity index (χ0n) is 15.1. The van der Waals surface area contributed by atoms with Gasteiger partial charge < -0.3 is 19.9 Å². The average molecular weight is 372 g/mol. The molecule has 1 saturated heterocycles. The normalized spacial score (nSPS) is 27.4. The second-order valence-corrected chi connectivity index (χ2v) is 6.46. The van der Waals surface area contributed by atoms with Crippen molar-refractivity contribution in [2.45, 2.75) is 50.9 Å². The molecule has 1 aromatic rings. The van der Waals surface area contributed by atoms with Gasteiger partial charge in [-0.15, -0.1) is 12.4 Å². The SMILES string of the molecule is COCCO[C@@H]1[C@@H](Cc2ccccc2)CCC[C@H](N)C(=O)O[C@H]1C.Cl. The minimum absolute atomic E-state index is 0. The maximum atomic E-state index is 12.0. The van der Waals surface area contributed by atoms with E-state index in [2.05, 4.69) is 12.1 Å². The largest absolute Gasteiger partial charge is 0.459 e. The second-order valence-electron chi connectivity index (χ2n) is 6.46. The number of carbonyl (C=O) groups is 1. The maximum absolute atomic E-state index is 12.0. The first-order chi connectivity index (χ1) is 11.6. The van der Waals surface area contributed by atoms with Gasteiger partial charge >= 0.3 is 5.97 Å². The van der Waals surface area contributed by atoms with Crippen LogP contribution in [0.3, 0.4) is 0 Å². The third-order valence-corrected chi connectivity index (χ3v) is 4.56. The van der Waals surface area contributed by atoms with Crippen LogP contribution in [-0.2, 0) is 25.4 Å². The van der Waals surface area contributed by atoms with Gasteiger partial charge in [0.1, 0.15) is 12.1 Å². The fourth-order valence-electron chi connectivity index (χ4n) is 3.28. The van der Waals surface area contributed by atoms with Gasteiger partial charge in [0.15, 0.2) is 0 Å². The molecular weight excluding hydrogens is 342 g/mol. The molecule has 0 spiro atoms. The van der Waals surface area contributed by atoms with Crippen LogP contribution in [0.25, 0.3) is 0 Å². The Kier molecular flexibility index (Phi) is 10.0. The van der Waals surface area contributed by atoms with Crippen LogP contribution in [0.5, 0.6) is 0 Å². The van der Waals surface area contributed by atoms with E-state index >= 15 is 0 Å². The highest BCUT2D eigenvalue weighted by atomic mass is 35.5. The van der Waals surface area contributed by atoms with Crippen molar-refractivity contribution in [3.05, 3.63) is 35.9 Å². The van der Waals surface area contributed by atoms with Crippen molar-refractivity contribution < 1.29 is 19.0 Å². The Morgan fingerprint density at radius 3 is 2.60 bits per heavy atom. The Morgan fingerprint density at radius 1 is 1.20 bits per heavy atom. The van der Waals surface area contributed by atoms with Crippen molar-refractivity contribution in [3.63, 3.8) is 0 Å². The van der Waals surface area contributed by atoms with Gasteiger partial charge in [-0.2, -0.15) is 0 Å². The van der Waals surface area contributed by atoms with Gasteiger partial charge in [0.05, 0.1) is 19.3 Å². The molecular formula is C19H30ClNO4. The van der Waals surface area contributed by atoms with Crippen molar-refractivity contribution in [2.75, 3.05) is 20.3 Å². The van der Waals surface area contributed by atoms with E-state index in [1.165, 1.54) is 5.56 Å². The molecule has 2 N–H and O–H groups in total. The van der Waals surface area contributed by atoms with E-state index in [9.17, 15) is 4.79 Å².